The molecule has 5 nitrogen and oxygen atoms in total. The fourth-order valence-electron chi connectivity index (χ4n) is 3.32. The number of carbonyl (C=O) groups excluding carboxylic acids is 2. The van der Waals surface area contributed by atoms with Crippen LogP contribution in [0.15, 0.2) is 23.6 Å². The molecule has 6 heteroatoms. The third kappa shape index (κ3) is 4.12. The zero-order valence-corrected chi connectivity index (χ0v) is 16.4. The maximum absolute atomic E-state index is 12.8. The lowest BCUT2D eigenvalue weighted by molar-refractivity contribution is -0.121. The molecule has 138 valence electrons. The van der Waals surface area contributed by atoms with Crippen LogP contribution in [-0.4, -0.2) is 40.8 Å². The predicted molar refractivity (Wildman–Crippen MR) is 104 cm³/mol. The molecule has 1 fully saturated rings. The predicted octanol–water partition coefficient (Wildman–Crippen LogP) is 3.56. The number of hydrogen-bond acceptors (Lipinski definition) is 4. The number of benzene rings is 1. The van der Waals surface area contributed by atoms with E-state index in [-0.39, 0.29) is 17.9 Å². The first-order valence-corrected chi connectivity index (χ1v) is 9.97. The van der Waals surface area contributed by atoms with Gasteiger partial charge in [-0.25, -0.2) is 4.98 Å². The number of nitrogens with zero attached hydrogens (tertiary/aromatic N) is 2. The van der Waals surface area contributed by atoms with Crippen molar-refractivity contribution in [2.75, 3.05) is 13.1 Å². The van der Waals surface area contributed by atoms with Crippen molar-refractivity contribution in [3.63, 3.8) is 0 Å². The zero-order chi connectivity index (χ0) is 18.7. The fraction of sp³-hybridized carbons (Fsp3) is 0.450. The van der Waals surface area contributed by atoms with E-state index >= 15 is 0 Å². The summed E-state index contributed by atoms with van der Waals surface area (Å²) < 4.78 is 0. The highest BCUT2D eigenvalue weighted by atomic mass is 32.1. The van der Waals surface area contributed by atoms with Crippen molar-refractivity contribution in [3.8, 4) is 10.6 Å². The van der Waals surface area contributed by atoms with Crippen LogP contribution in [0.1, 0.15) is 47.8 Å². The van der Waals surface area contributed by atoms with Crippen molar-refractivity contribution in [2.45, 2.75) is 46.1 Å². The molecule has 1 saturated heterocycles. The van der Waals surface area contributed by atoms with Crippen LogP contribution in [0, 0.1) is 13.8 Å². The standard InChI is InChI=1S/C20H25N3O2S/c1-4-18(24)21-15-6-5-9-23(11-15)20(25)17-12-26-19(22-17)16-8-7-13(2)10-14(16)3/h7-8,10,12,15H,4-6,9,11H2,1-3H3,(H,21,24). The first-order chi connectivity index (χ1) is 12.5. The lowest BCUT2D eigenvalue weighted by atomic mass is 10.1. The third-order valence-corrected chi connectivity index (χ3v) is 5.61. The molecule has 0 aliphatic carbocycles. The normalized spacial score (nSPS) is 17.2. The van der Waals surface area contributed by atoms with Crippen LogP contribution in [0.3, 0.4) is 0 Å². The van der Waals surface area contributed by atoms with Crippen LogP contribution in [0.2, 0.25) is 0 Å². The number of amides is 2. The first-order valence-electron chi connectivity index (χ1n) is 9.09. The number of aromatic nitrogens is 1. The van der Waals surface area contributed by atoms with Gasteiger partial charge in [0.2, 0.25) is 5.91 Å². The topological polar surface area (TPSA) is 62.3 Å². The molecule has 26 heavy (non-hydrogen) atoms. The minimum Gasteiger partial charge on any atom is -0.352 e. The number of hydrogen-bond donors (Lipinski definition) is 1. The summed E-state index contributed by atoms with van der Waals surface area (Å²) in [6.07, 6.45) is 2.28. The van der Waals surface area contributed by atoms with Gasteiger partial charge in [-0.1, -0.05) is 30.7 Å². The molecule has 2 heterocycles. The zero-order valence-electron chi connectivity index (χ0n) is 15.5. The summed E-state index contributed by atoms with van der Waals surface area (Å²) in [5, 5.41) is 5.71. The number of piperidine rings is 1. The third-order valence-electron chi connectivity index (χ3n) is 4.73. The molecule has 1 aromatic heterocycles. The largest absolute Gasteiger partial charge is 0.352 e. The van der Waals surface area contributed by atoms with Crippen molar-refractivity contribution in [1.29, 1.82) is 0 Å². The van der Waals surface area contributed by atoms with E-state index in [1.54, 1.807) is 0 Å². The van der Waals surface area contributed by atoms with E-state index in [4.69, 9.17) is 0 Å². The molecule has 0 radical (unpaired) electrons. The molecular weight excluding hydrogens is 346 g/mol. The van der Waals surface area contributed by atoms with Gasteiger partial charge >= 0.3 is 0 Å². The summed E-state index contributed by atoms with van der Waals surface area (Å²) in [7, 11) is 0. The molecule has 0 bridgehead atoms. The average molecular weight is 372 g/mol. The van der Waals surface area contributed by atoms with Crippen molar-refractivity contribution in [1.82, 2.24) is 15.2 Å². The number of rotatable bonds is 4. The SMILES string of the molecule is CCC(=O)NC1CCCN(C(=O)c2csc(-c3ccc(C)cc3C)n2)C1. The molecular formula is C20H25N3O2S. The van der Waals surface area contributed by atoms with E-state index in [1.807, 2.05) is 17.2 Å². The minimum absolute atomic E-state index is 0.0371. The monoisotopic (exact) mass is 371 g/mol. The molecule has 0 saturated carbocycles. The second-order valence-electron chi connectivity index (χ2n) is 6.87. The summed E-state index contributed by atoms with van der Waals surface area (Å²) in [5.74, 6) is -0.0113. The second-order valence-corrected chi connectivity index (χ2v) is 7.73. The highest BCUT2D eigenvalue weighted by Crippen LogP contribution is 2.28. The second kappa shape index (κ2) is 7.99. The Balaban J connectivity index is 1.72. The highest BCUT2D eigenvalue weighted by Gasteiger charge is 2.26. The molecule has 1 unspecified atom stereocenters. The van der Waals surface area contributed by atoms with Gasteiger partial charge in [0.15, 0.2) is 0 Å². The lowest BCUT2D eigenvalue weighted by Crippen LogP contribution is -2.49. The number of likely N-dealkylation sites (tertiary alicyclic amines) is 1. The Morgan fingerprint density at radius 2 is 2.15 bits per heavy atom. The molecule has 1 atom stereocenters. The lowest BCUT2D eigenvalue weighted by Gasteiger charge is -2.32. The van der Waals surface area contributed by atoms with Crippen molar-refractivity contribution < 1.29 is 9.59 Å². The Kier molecular flexibility index (Phi) is 5.71. The Morgan fingerprint density at radius 1 is 1.35 bits per heavy atom. The summed E-state index contributed by atoms with van der Waals surface area (Å²) in [6, 6.07) is 6.30. The minimum atomic E-state index is -0.0484. The van der Waals surface area contributed by atoms with Crippen molar-refractivity contribution in [2.24, 2.45) is 0 Å². The quantitative estimate of drug-likeness (QED) is 0.894. The van der Waals surface area contributed by atoms with Crippen LogP contribution in [0.5, 0.6) is 0 Å². The number of aryl methyl sites for hydroxylation is 2. The Bertz CT molecular complexity index is 815. The molecule has 2 amide bonds. The van der Waals surface area contributed by atoms with Gasteiger partial charge in [0, 0.05) is 36.5 Å². The van der Waals surface area contributed by atoms with Gasteiger partial charge < -0.3 is 10.2 Å². The molecule has 3 rings (SSSR count). The average Bonchev–Trinajstić information content (AvgIpc) is 3.11. The van der Waals surface area contributed by atoms with Crippen LogP contribution < -0.4 is 5.32 Å². The van der Waals surface area contributed by atoms with Crippen LogP contribution >= 0.6 is 11.3 Å². The molecule has 1 aliphatic rings. The molecule has 2 aromatic rings. The van der Waals surface area contributed by atoms with E-state index in [0.717, 1.165) is 23.4 Å². The van der Waals surface area contributed by atoms with Crippen LogP contribution in [0.4, 0.5) is 0 Å². The van der Waals surface area contributed by atoms with Crippen LogP contribution in [-0.2, 0) is 4.79 Å². The van der Waals surface area contributed by atoms with E-state index in [2.05, 4.69) is 42.3 Å². The molecule has 1 aromatic carbocycles. The van der Waals surface area contributed by atoms with E-state index in [1.165, 1.54) is 22.5 Å². The van der Waals surface area contributed by atoms with Gasteiger partial charge in [0.25, 0.3) is 5.91 Å². The molecule has 0 spiro atoms. The summed E-state index contributed by atoms with van der Waals surface area (Å²) >= 11 is 1.50. The van der Waals surface area contributed by atoms with E-state index in [0.29, 0.717) is 25.2 Å². The molecule has 1 aliphatic heterocycles. The summed E-state index contributed by atoms with van der Waals surface area (Å²) in [6.45, 7) is 7.24. The number of thiazole rings is 1. The van der Waals surface area contributed by atoms with Gasteiger partial charge in [-0.15, -0.1) is 11.3 Å². The van der Waals surface area contributed by atoms with E-state index < -0.39 is 0 Å². The van der Waals surface area contributed by atoms with Gasteiger partial charge in [-0.3, -0.25) is 9.59 Å². The van der Waals surface area contributed by atoms with Gasteiger partial charge in [0.05, 0.1) is 0 Å². The van der Waals surface area contributed by atoms with Gasteiger partial charge in [-0.05, 0) is 32.3 Å². The van der Waals surface area contributed by atoms with Gasteiger partial charge in [-0.2, -0.15) is 0 Å². The van der Waals surface area contributed by atoms with Crippen molar-refractivity contribution in [3.05, 3.63) is 40.4 Å². The maximum Gasteiger partial charge on any atom is 0.273 e. The Hall–Kier alpha value is -2.21. The number of nitrogens with one attached hydrogen (secondary N) is 1. The fourth-order valence-corrected chi connectivity index (χ4v) is 4.20. The first kappa shape index (κ1) is 18.6. The Labute approximate surface area is 158 Å². The molecule has 1 N–H and O–H groups in total. The van der Waals surface area contributed by atoms with Gasteiger partial charge in [0.1, 0.15) is 10.7 Å². The number of carbonyl (C=O) groups is 2. The maximum atomic E-state index is 12.8. The smallest absolute Gasteiger partial charge is 0.273 e. The summed E-state index contributed by atoms with van der Waals surface area (Å²) in [5.41, 5.74) is 3.95. The van der Waals surface area contributed by atoms with Crippen LogP contribution in [0.25, 0.3) is 10.6 Å². The summed E-state index contributed by atoms with van der Waals surface area (Å²) in [4.78, 5) is 30.9. The van der Waals surface area contributed by atoms with E-state index in [9.17, 15) is 9.59 Å². The highest BCUT2D eigenvalue weighted by molar-refractivity contribution is 7.13. The Morgan fingerprint density at radius 3 is 2.88 bits per heavy atom. The van der Waals surface area contributed by atoms with Crippen molar-refractivity contribution >= 4 is 23.2 Å².